The molecule has 4 aromatic carbocycles. The fraction of sp³-hybridized carbons (Fsp3) is 0.0769. The van der Waals surface area contributed by atoms with Gasteiger partial charge in [0.15, 0.2) is 0 Å². The van der Waals surface area contributed by atoms with Crippen LogP contribution in [0.3, 0.4) is 0 Å². The van der Waals surface area contributed by atoms with E-state index < -0.39 is 0 Å². The van der Waals surface area contributed by atoms with Gasteiger partial charge in [0.1, 0.15) is 24.7 Å². The van der Waals surface area contributed by atoms with Gasteiger partial charge in [-0.25, -0.2) is 0 Å². The highest BCUT2D eigenvalue weighted by Gasteiger charge is 2.09. The van der Waals surface area contributed by atoms with Gasteiger partial charge in [0.05, 0.1) is 0 Å². The predicted molar refractivity (Wildman–Crippen MR) is 117 cm³/mol. The molecule has 0 fully saturated rings. The minimum absolute atomic E-state index is 0.682. The quantitative estimate of drug-likeness (QED) is 0.355. The monoisotopic (exact) mass is 364 g/mol. The van der Waals surface area contributed by atoms with Crippen molar-refractivity contribution in [3.63, 3.8) is 0 Å². The first kappa shape index (κ1) is 16.6. The summed E-state index contributed by atoms with van der Waals surface area (Å²) < 4.78 is 11.3. The van der Waals surface area contributed by atoms with E-state index >= 15 is 0 Å². The van der Waals surface area contributed by atoms with Crippen molar-refractivity contribution in [2.75, 3.05) is 13.2 Å². The molecule has 0 N–H and O–H groups in total. The van der Waals surface area contributed by atoms with Crippen molar-refractivity contribution in [1.82, 2.24) is 0 Å². The number of hydrogen-bond donors (Lipinski definition) is 0. The second kappa shape index (κ2) is 7.24. The van der Waals surface area contributed by atoms with Gasteiger partial charge in [0.2, 0.25) is 0 Å². The van der Waals surface area contributed by atoms with Crippen LogP contribution in [0.4, 0.5) is 0 Å². The summed E-state index contributed by atoms with van der Waals surface area (Å²) in [6.07, 6.45) is 8.31. The van der Waals surface area contributed by atoms with Gasteiger partial charge in [0.25, 0.3) is 0 Å². The maximum Gasteiger partial charge on any atom is 0.134 e. The van der Waals surface area contributed by atoms with Crippen molar-refractivity contribution in [3.8, 4) is 11.5 Å². The van der Waals surface area contributed by atoms with Gasteiger partial charge in [-0.2, -0.15) is 0 Å². The Morgan fingerprint density at radius 2 is 0.964 bits per heavy atom. The Kier molecular flexibility index (Phi) is 4.30. The van der Waals surface area contributed by atoms with Gasteiger partial charge in [0, 0.05) is 21.9 Å². The molecule has 2 aliphatic rings. The molecular formula is C26H20O2. The van der Waals surface area contributed by atoms with E-state index in [4.69, 9.17) is 9.47 Å². The molecule has 2 heteroatoms. The third-order valence-electron chi connectivity index (χ3n) is 5.06. The Morgan fingerprint density at radius 3 is 1.46 bits per heavy atom. The SMILES string of the molecule is C1=Cc2ccc3ccccc3c2OC1.C1=Cc2ccc3ccccc3c2OC1. The molecule has 28 heavy (non-hydrogen) atoms. The van der Waals surface area contributed by atoms with Crippen molar-refractivity contribution in [3.05, 3.63) is 96.1 Å². The summed E-state index contributed by atoms with van der Waals surface area (Å²) in [6, 6.07) is 25.1. The van der Waals surface area contributed by atoms with Crippen LogP contribution in [-0.4, -0.2) is 13.2 Å². The van der Waals surface area contributed by atoms with Crippen LogP contribution in [0.2, 0.25) is 0 Å². The Labute approximate surface area is 164 Å². The molecule has 2 aliphatic heterocycles. The molecule has 0 atom stereocenters. The van der Waals surface area contributed by atoms with E-state index in [0.29, 0.717) is 13.2 Å². The number of rotatable bonds is 0. The van der Waals surface area contributed by atoms with Gasteiger partial charge in [-0.3, -0.25) is 0 Å². The highest BCUT2D eigenvalue weighted by atomic mass is 16.5. The van der Waals surface area contributed by atoms with Crippen molar-refractivity contribution >= 4 is 33.7 Å². The average molecular weight is 364 g/mol. The maximum absolute atomic E-state index is 5.65. The van der Waals surface area contributed by atoms with E-state index in [0.717, 1.165) is 11.5 Å². The molecule has 0 bridgehead atoms. The lowest BCUT2D eigenvalue weighted by molar-refractivity contribution is 0.363. The summed E-state index contributed by atoms with van der Waals surface area (Å²) in [5.41, 5.74) is 2.35. The Bertz CT molecular complexity index is 1120. The van der Waals surface area contributed by atoms with E-state index in [2.05, 4.69) is 60.7 Å². The minimum Gasteiger partial charge on any atom is -0.488 e. The maximum atomic E-state index is 5.65. The Morgan fingerprint density at radius 1 is 0.500 bits per heavy atom. The van der Waals surface area contributed by atoms with Crippen LogP contribution in [0.15, 0.2) is 84.9 Å². The van der Waals surface area contributed by atoms with E-state index in [-0.39, 0.29) is 0 Å². The fourth-order valence-corrected chi connectivity index (χ4v) is 3.72. The normalized spacial score (nSPS) is 13.7. The standard InChI is InChI=1S/2C13H10O/c2*1-2-6-12-10(4-1)7-8-11-5-3-9-14-13(11)12/h2*1-8H,9H2. The predicted octanol–water partition coefficient (Wildman–Crippen LogP) is 6.49. The van der Waals surface area contributed by atoms with Gasteiger partial charge in [-0.15, -0.1) is 0 Å². The molecule has 0 spiro atoms. The van der Waals surface area contributed by atoms with Crippen molar-refractivity contribution < 1.29 is 9.47 Å². The van der Waals surface area contributed by atoms with E-state index in [1.165, 1.54) is 32.7 Å². The van der Waals surface area contributed by atoms with E-state index in [9.17, 15) is 0 Å². The molecule has 0 aromatic heterocycles. The lowest BCUT2D eigenvalue weighted by Gasteiger charge is -2.14. The average Bonchev–Trinajstić information content (AvgIpc) is 2.79. The number of hydrogen-bond acceptors (Lipinski definition) is 2. The zero-order valence-corrected chi connectivity index (χ0v) is 15.5. The molecular weight excluding hydrogens is 344 g/mol. The molecule has 2 heterocycles. The first-order valence-electron chi connectivity index (χ1n) is 9.52. The van der Waals surface area contributed by atoms with Crippen LogP contribution in [0.5, 0.6) is 11.5 Å². The second-order valence-corrected chi connectivity index (χ2v) is 6.84. The molecule has 4 aromatic rings. The first-order chi connectivity index (χ1) is 13.9. The van der Waals surface area contributed by atoms with Gasteiger partial charge in [-0.1, -0.05) is 84.9 Å². The molecule has 0 unspecified atom stereocenters. The van der Waals surface area contributed by atoms with Crippen molar-refractivity contribution in [1.29, 1.82) is 0 Å². The Hall–Kier alpha value is -3.52. The molecule has 136 valence electrons. The number of benzene rings is 4. The zero-order valence-electron chi connectivity index (χ0n) is 15.5. The molecule has 0 saturated heterocycles. The molecule has 0 amide bonds. The lowest BCUT2D eigenvalue weighted by atomic mass is 10.0. The molecule has 6 rings (SSSR count). The smallest absolute Gasteiger partial charge is 0.134 e. The van der Waals surface area contributed by atoms with Crippen LogP contribution in [-0.2, 0) is 0 Å². The molecule has 0 saturated carbocycles. The summed E-state index contributed by atoms with van der Waals surface area (Å²) in [5.74, 6) is 2.04. The second-order valence-electron chi connectivity index (χ2n) is 6.84. The Balaban J connectivity index is 0.000000122. The van der Waals surface area contributed by atoms with Gasteiger partial charge >= 0.3 is 0 Å². The molecule has 2 nitrogen and oxygen atoms in total. The van der Waals surface area contributed by atoms with E-state index in [1.54, 1.807) is 0 Å². The third kappa shape index (κ3) is 3.03. The van der Waals surface area contributed by atoms with Crippen LogP contribution in [0, 0.1) is 0 Å². The summed E-state index contributed by atoms with van der Waals surface area (Å²) in [5, 5.41) is 4.88. The largest absolute Gasteiger partial charge is 0.488 e. The van der Waals surface area contributed by atoms with Gasteiger partial charge in [-0.05, 0) is 22.9 Å². The third-order valence-corrected chi connectivity index (χ3v) is 5.06. The van der Waals surface area contributed by atoms with E-state index in [1.807, 2.05) is 36.4 Å². The fourth-order valence-electron chi connectivity index (χ4n) is 3.72. The molecule has 0 radical (unpaired) electrons. The topological polar surface area (TPSA) is 18.5 Å². The van der Waals surface area contributed by atoms with Crippen LogP contribution < -0.4 is 9.47 Å². The van der Waals surface area contributed by atoms with Crippen LogP contribution in [0.1, 0.15) is 11.1 Å². The highest BCUT2D eigenvalue weighted by molar-refractivity contribution is 5.93. The summed E-state index contributed by atoms with van der Waals surface area (Å²) in [7, 11) is 0. The lowest BCUT2D eigenvalue weighted by Crippen LogP contribution is -2.00. The van der Waals surface area contributed by atoms with Crippen molar-refractivity contribution in [2.24, 2.45) is 0 Å². The van der Waals surface area contributed by atoms with Crippen LogP contribution >= 0.6 is 0 Å². The zero-order chi connectivity index (χ0) is 18.8. The molecule has 0 aliphatic carbocycles. The van der Waals surface area contributed by atoms with Crippen molar-refractivity contribution in [2.45, 2.75) is 0 Å². The van der Waals surface area contributed by atoms with Crippen LogP contribution in [0.25, 0.3) is 33.7 Å². The summed E-state index contributed by atoms with van der Waals surface area (Å²) >= 11 is 0. The number of fused-ring (bicyclic) bond motifs is 6. The first-order valence-corrected chi connectivity index (χ1v) is 9.52. The number of ether oxygens (including phenoxy) is 2. The minimum atomic E-state index is 0.682. The highest BCUT2D eigenvalue weighted by Crippen LogP contribution is 2.33. The summed E-state index contributed by atoms with van der Waals surface area (Å²) in [4.78, 5) is 0. The summed E-state index contributed by atoms with van der Waals surface area (Å²) in [6.45, 7) is 1.36. The van der Waals surface area contributed by atoms with Gasteiger partial charge < -0.3 is 9.47 Å².